The van der Waals surface area contributed by atoms with Crippen LogP contribution in [-0.4, -0.2) is 24.5 Å². The summed E-state index contributed by atoms with van der Waals surface area (Å²) in [6.07, 6.45) is 2.24. The van der Waals surface area contributed by atoms with E-state index in [0.717, 1.165) is 24.3 Å². The van der Waals surface area contributed by atoms with Gasteiger partial charge in [0.2, 0.25) is 11.8 Å². The van der Waals surface area contributed by atoms with Crippen molar-refractivity contribution in [3.8, 4) is 5.75 Å². The summed E-state index contributed by atoms with van der Waals surface area (Å²) in [5.74, 6) is 0.425. The zero-order chi connectivity index (χ0) is 21.2. The van der Waals surface area contributed by atoms with Gasteiger partial charge in [-0.25, -0.2) is 0 Å². The molecule has 29 heavy (non-hydrogen) atoms. The molecule has 1 unspecified atom stereocenters. The smallest absolute Gasteiger partial charge is 0.243 e. The van der Waals surface area contributed by atoms with E-state index in [2.05, 4.69) is 22.9 Å². The van der Waals surface area contributed by atoms with Gasteiger partial charge in [0.15, 0.2) is 0 Å². The van der Waals surface area contributed by atoms with E-state index in [1.807, 2.05) is 38.1 Å². The quantitative estimate of drug-likeness (QED) is 0.489. The Hall–Kier alpha value is -2.73. The Morgan fingerprint density at radius 3 is 2.55 bits per heavy atom. The molecule has 156 valence electrons. The highest BCUT2D eigenvalue weighted by Crippen LogP contribution is 2.26. The molecule has 0 saturated heterocycles. The number of anilines is 3. The first kappa shape index (κ1) is 22.6. The van der Waals surface area contributed by atoms with Crippen molar-refractivity contribution in [2.45, 2.75) is 46.1 Å². The molecule has 0 saturated carbocycles. The number of carbonyl (C=O) groups is 2. The van der Waals surface area contributed by atoms with Gasteiger partial charge in [-0.3, -0.25) is 9.59 Å². The van der Waals surface area contributed by atoms with E-state index in [0.29, 0.717) is 22.8 Å². The van der Waals surface area contributed by atoms with Gasteiger partial charge in [0.1, 0.15) is 5.75 Å². The molecule has 0 aliphatic heterocycles. The van der Waals surface area contributed by atoms with Gasteiger partial charge in [0.05, 0.1) is 23.4 Å². The number of ether oxygens (including phenoxy) is 1. The third-order valence-electron chi connectivity index (χ3n) is 4.20. The summed E-state index contributed by atoms with van der Waals surface area (Å²) < 4.78 is 5.79. The molecule has 0 fully saturated rings. The molecule has 0 aliphatic rings. The molecule has 2 amide bonds. The number of hydrogen-bond acceptors (Lipinski definition) is 4. The van der Waals surface area contributed by atoms with Gasteiger partial charge in [-0.1, -0.05) is 31.5 Å². The highest BCUT2D eigenvalue weighted by Gasteiger charge is 2.09. The number of amides is 2. The van der Waals surface area contributed by atoms with Gasteiger partial charge >= 0.3 is 0 Å². The number of halogens is 1. The Morgan fingerprint density at radius 1 is 1.03 bits per heavy atom. The number of benzene rings is 2. The van der Waals surface area contributed by atoms with Crippen molar-refractivity contribution in [3.05, 3.63) is 47.5 Å². The molecule has 0 spiro atoms. The molecule has 0 aliphatic carbocycles. The molecule has 0 heterocycles. The second-order valence-electron chi connectivity index (χ2n) is 6.76. The molecule has 2 rings (SSSR count). The molecule has 6 nitrogen and oxygen atoms in total. The van der Waals surface area contributed by atoms with Crippen LogP contribution in [0.25, 0.3) is 0 Å². The summed E-state index contributed by atoms with van der Waals surface area (Å²) in [5, 5.41) is 9.03. The molecule has 3 N–H and O–H groups in total. The minimum Gasteiger partial charge on any atom is -0.491 e. The number of carbonyl (C=O) groups excluding carboxylic acids is 2. The van der Waals surface area contributed by atoms with Crippen molar-refractivity contribution < 1.29 is 14.3 Å². The van der Waals surface area contributed by atoms with Gasteiger partial charge in [0, 0.05) is 23.9 Å². The number of rotatable bonds is 10. The van der Waals surface area contributed by atoms with Crippen LogP contribution in [0.2, 0.25) is 5.02 Å². The fourth-order valence-corrected chi connectivity index (χ4v) is 2.69. The summed E-state index contributed by atoms with van der Waals surface area (Å²) in [7, 11) is 0. The first-order valence-electron chi connectivity index (χ1n) is 9.81. The van der Waals surface area contributed by atoms with Crippen molar-refractivity contribution in [2.75, 3.05) is 22.5 Å². The monoisotopic (exact) mass is 417 g/mol. The fraction of sp³-hybridized carbons (Fsp3) is 0.364. The summed E-state index contributed by atoms with van der Waals surface area (Å²) in [4.78, 5) is 24.1. The first-order valence-corrected chi connectivity index (χ1v) is 10.2. The van der Waals surface area contributed by atoms with E-state index >= 15 is 0 Å². The highest BCUT2D eigenvalue weighted by molar-refractivity contribution is 6.33. The van der Waals surface area contributed by atoms with E-state index < -0.39 is 0 Å². The summed E-state index contributed by atoms with van der Waals surface area (Å²) in [6, 6.07) is 12.5. The predicted molar refractivity (Wildman–Crippen MR) is 119 cm³/mol. The summed E-state index contributed by atoms with van der Waals surface area (Å²) in [5.41, 5.74) is 1.82. The standard InChI is InChI=1S/C22H28ClN3O3/c1-4-7-21(27)25-17-10-11-19(23)20(13-17)26-22(28)14-24-16-8-6-9-18(12-16)29-15(3)5-2/h6,8-13,15,24H,4-5,7,14H2,1-3H3,(H,25,27)(H,26,28). The number of nitrogens with one attached hydrogen (secondary N) is 3. The van der Waals surface area contributed by atoms with Crippen LogP contribution >= 0.6 is 11.6 Å². The lowest BCUT2D eigenvalue weighted by atomic mass is 10.2. The lowest BCUT2D eigenvalue weighted by Crippen LogP contribution is -2.22. The molecular weight excluding hydrogens is 390 g/mol. The lowest BCUT2D eigenvalue weighted by molar-refractivity contribution is -0.116. The van der Waals surface area contributed by atoms with E-state index in [4.69, 9.17) is 16.3 Å². The van der Waals surface area contributed by atoms with Crippen molar-refractivity contribution in [1.82, 2.24) is 0 Å². The number of hydrogen-bond donors (Lipinski definition) is 3. The largest absolute Gasteiger partial charge is 0.491 e. The first-order chi connectivity index (χ1) is 13.9. The molecule has 7 heteroatoms. The van der Waals surface area contributed by atoms with Crippen molar-refractivity contribution >= 4 is 40.5 Å². The zero-order valence-corrected chi connectivity index (χ0v) is 17.8. The van der Waals surface area contributed by atoms with E-state index in [-0.39, 0.29) is 24.5 Å². The van der Waals surface area contributed by atoms with Gasteiger partial charge in [-0.2, -0.15) is 0 Å². The Kier molecular flexibility index (Phi) is 8.80. The minimum atomic E-state index is -0.253. The third kappa shape index (κ3) is 7.66. The van der Waals surface area contributed by atoms with Crippen molar-refractivity contribution in [3.63, 3.8) is 0 Å². The van der Waals surface area contributed by atoms with Crippen LogP contribution in [0.15, 0.2) is 42.5 Å². The maximum atomic E-state index is 12.3. The molecule has 0 radical (unpaired) electrons. The van der Waals surface area contributed by atoms with Crippen LogP contribution in [-0.2, 0) is 9.59 Å². The van der Waals surface area contributed by atoms with Crippen LogP contribution in [0, 0.1) is 0 Å². The average Bonchev–Trinajstić information content (AvgIpc) is 2.69. The second-order valence-corrected chi connectivity index (χ2v) is 7.17. The van der Waals surface area contributed by atoms with Crippen LogP contribution in [0.1, 0.15) is 40.0 Å². The molecule has 2 aromatic carbocycles. The maximum absolute atomic E-state index is 12.3. The summed E-state index contributed by atoms with van der Waals surface area (Å²) in [6.45, 7) is 6.07. The molecule has 0 aromatic heterocycles. The molecule has 0 bridgehead atoms. The topological polar surface area (TPSA) is 79.5 Å². The van der Waals surface area contributed by atoms with Crippen LogP contribution < -0.4 is 20.7 Å². The Balaban J connectivity index is 1.94. The van der Waals surface area contributed by atoms with Gasteiger partial charge in [0.25, 0.3) is 0 Å². The van der Waals surface area contributed by atoms with Crippen molar-refractivity contribution in [2.24, 2.45) is 0 Å². The molecular formula is C22H28ClN3O3. The van der Waals surface area contributed by atoms with Gasteiger partial charge in [-0.05, 0) is 50.1 Å². The SMILES string of the molecule is CCCC(=O)Nc1ccc(Cl)c(NC(=O)CNc2cccc(OC(C)CC)c2)c1. The van der Waals surface area contributed by atoms with Crippen LogP contribution in [0.5, 0.6) is 5.75 Å². The van der Waals surface area contributed by atoms with Gasteiger partial charge in [-0.15, -0.1) is 0 Å². The highest BCUT2D eigenvalue weighted by atomic mass is 35.5. The minimum absolute atomic E-state index is 0.0650. The lowest BCUT2D eigenvalue weighted by Gasteiger charge is -2.14. The van der Waals surface area contributed by atoms with E-state index in [9.17, 15) is 9.59 Å². The van der Waals surface area contributed by atoms with E-state index in [1.165, 1.54) is 0 Å². The van der Waals surface area contributed by atoms with Crippen LogP contribution in [0.3, 0.4) is 0 Å². The molecule has 1 atom stereocenters. The predicted octanol–water partition coefficient (Wildman–Crippen LogP) is 5.31. The third-order valence-corrected chi connectivity index (χ3v) is 4.53. The Labute approximate surface area is 177 Å². The van der Waals surface area contributed by atoms with E-state index in [1.54, 1.807) is 18.2 Å². The molecule has 2 aromatic rings. The average molecular weight is 418 g/mol. The second kappa shape index (κ2) is 11.3. The zero-order valence-electron chi connectivity index (χ0n) is 17.0. The van der Waals surface area contributed by atoms with Crippen LogP contribution in [0.4, 0.5) is 17.1 Å². The van der Waals surface area contributed by atoms with Gasteiger partial charge < -0.3 is 20.7 Å². The summed E-state index contributed by atoms with van der Waals surface area (Å²) >= 11 is 6.17. The normalized spacial score (nSPS) is 11.4. The van der Waals surface area contributed by atoms with Crippen molar-refractivity contribution in [1.29, 1.82) is 0 Å². The Bertz CT molecular complexity index is 842. The maximum Gasteiger partial charge on any atom is 0.243 e. The fourth-order valence-electron chi connectivity index (χ4n) is 2.52. The Morgan fingerprint density at radius 2 is 1.83 bits per heavy atom.